The molecule has 0 saturated carbocycles. The molecule has 31 heavy (non-hydrogen) atoms. The number of rotatable bonds is 5. The minimum atomic E-state index is -4.18. The van der Waals surface area contributed by atoms with E-state index >= 15 is 0 Å². The van der Waals surface area contributed by atoms with Crippen molar-refractivity contribution in [3.63, 3.8) is 0 Å². The molecule has 0 aliphatic rings. The molecule has 7 nitrogen and oxygen atoms in total. The minimum Gasteiger partial charge on any atom is -0.402 e. The van der Waals surface area contributed by atoms with Crippen molar-refractivity contribution in [1.29, 1.82) is 0 Å². The summed E-state index contributed by atoms with van der Waals surface area (Å²) in [5.41, 5.74) is 7.93. The zero-order valence-corrected chi connectivity index (χ0v) is 16.8. The Morgan fingerprint density at radius 3 is 2.16 bits per heavy atom. The van der Waals surface area contributed by atoms with Crippen LogP contribution in [0.25, 0.3) is 11.1 Å². The van der Waals surface area contributed by atoms with Crippen LogP contribution < -0.4 is 10.5 Å². The first-order valence-electron chi connectivity index (χ1n) is 9.09. The highest BCUT2D eigenvalue weighted by Crippen LogP contribution is 2.23. The van der Waals surface area contributed by atoms with Gasteiger partial charge in [0.15, 0.2) is 0 Å². The van der Waals surface area contributed by atoms with Crippen LogP contribution in [0.4, 0.5) is 10.2 Å². The Morgan fingerprint density at radius 2 is 1.52 bits per heavy atom. The molecule has 3 aromatic carbocycles. The number of benzene rings is 3. The lowest BCUT2D eigenvalue weighted by Gasteiger charge is -2.06. The molecule has 4 aromatic rings. The molecular weight excluding hydrogens is 421 g/mol. The van der Waals surface area contributed by atoms with Crippen molar-refractivity contribution in [2.75, 3.05) is 5.73 Å². The lowest BCUT2D eigenvalue weighted by atomic mass is 10.0. The summed E-state index contributed by atoms with van der Waals surface area (Å²) in [5, 5.41) is 3.78. The number of nitrogens with two attached hydrogens (primary N) is 1. The second-order valence-corrected chi connectivity index (χ2v) is 8.31. The molecule has 9 heteroatoms. The van der Waals surface area contributed by atoms with Crippen molar-refractivity contribution < 1.29 is 22.3 Å². The number of hydrogen-bond donors (Lipinski definition) is 1. The van der Waals surface area contributed by atoms with Gasteiger partial charge in [-0.2, -0.15) is 8.42 Å². The Kier molecular flexibility index (Phi) is 5.26. The van der Waals surface area contributed by atoms with Crippen LogP contribution >= 0.6 is 0 Å². The van der Waals surface area contributed by atoms with E-state index in [9.17, 15) is 17.6 Å². The second-order valence-electron chi connectivity index (χ2n) is 6.54. The number of halogens is 1. The van der Waals surface area contributed by atoms with Gasteiger partial charge in [-0.3, -0.25) is 0 Å². The number of anilines is 1. The summed E-state index contributed by atoms with van der Waals surface area (Å²) in [5.74, 6) is -1.84. The molecule has 0 bridgehead atoms. The Labute approximate surface area is 177 Å². The van der Waals surface area contributed by atoms with Crippen LogP contribution in [0.1, 0.15) is 10.4 Å². The third-order valence-corrected chi connectivity index (χ3v) is 6.06. The van der Waals surface area contributed by atoms with Crippen molar-refractivity contribution in [3.8, 4) is 17.0 Å². The van der Waals surface area contributed by atoms with Gasteiger partial charge in [-0.15, -0.1) is 9.19 Å². The van der Waals surface area contributed by atoms with Crippen molar-refractivity contribution in [2.45, 2.75) is 4.90 Å². The average molecular weight is 437 g/mol. The maximum Gasteiger partial charge on any atom is 0.344 e. The molecule has 0 radical (unpaired) electrons. The first kappa shape index (κ1) is 20.3. The van der Waals surface area contributed by atoms with Gasteiger partial charge in [0.1, 0.15) is 11.6 Å². The smallest absolute Gasteiger partial charge is 0.344 e. The normalized spacial score (nSPS) is 11.3. The quantitative estimate of drug-likeness (QED) is 0.477. The van der Waals surface area contributed by atoms with Crippen LogP contribution in [0.5, 0.6) is 5.88 Å². The van der Waals surface area contributed by atoms with E-state index in [1.165, 1.54) is 0 Å². The summed E-state index contributed by atoms with van der Waals surface area (Å²) in [6.45, 7) is 0. The summed E-state index contributed by atoms with van der Waals surface area (Å²) in [4.78, 5) is 12.2. The monoisotopic (exact) mass is 437 g/mol. The molecule has 0 spiro atoms. The number of carbonyl (C=O) groups is 1. The Bertz CT molecular complexity index is 1330. The van der Waals surface area contributed by atoms with Gasteiger partial charge in [0.05, 0.1) is 10.5 Å². The van der Waals surface area contributed by atoms with Crippen LogP contribution in [-0.2, 0) is 10.0 Å². The Morgan fingerprint density at radius 1 is 0.903 bits per heavy atom. The molecule has 2 N–H and O–H groups in total. The number of hydrogen-bond acceptors (Lipinski definition) is 6. The predicted octanol–water partition coefficient (Wildman–Crippen LogP) is 3.73. The maximum atomic E-state index is 13.1. The van der Waals surface area contributed by atoms with Crippen LogP contribution in [0.2, 0.25) is 0 Å². The number of ether oxygens (including phenoxy) is 1. The topological polar surface area (TPSA) is 104 Å². The Balaban J connectivity index is 1.54. The third kappa shape index (κ3) is 4.17. The lowest BCUT2D eigenvalue weighted by molar-refractivity contribution is 0.0727. The van der Waals surface area contributed by atoms with Crippen LogP contribution in [-0.4, -0.2) is 23.6 Å². The first-order chi connectivity index (χ1) is 14.8. The summed E-state index contributed by atoms with van der Waals surface area (Å²) in [7, 11) is -4.18. The zero-order chi connectivity index (χ0) is 22.0. The molecule has 1 heterocycles. The van der Waals surface area contributed by atoms with E-state index in [0.717, 1.165) is 41.5 Å². The van der Waals surface area contributed by atoms with Crippen molar-refractivity contribution in [1.82, 2.24) is 9.19 Å². The van der Waals surface area contributed by atoms with E-state index in [4.69, 9.17) is 10.5 Å². The first-order valence-corrected chi connectivity index (χ1v) is 10.5. The summed E-state index contributed by atoms with van der Waals surface area (Å²) < 4.78 is 44.1. The number of nitrogen functional groups attached to an aromatic ring is 1. The average Bonchev–Trinajstić information content (AvgIpc) is 3.15. The zero-order valence-electron chi connectivity index (χ0n) is 16.0. The van der Waals surface area contributed by atoms with Crippen LogP contribution in [0, 0.1) is 5.82 Å². The molecule has 0 unspecified atom stereocenters. The highest BCUT2D eigenvalue weighted by molar-refractivity contribution is 7.90. The third-order valence-electron chi connectivity index (χ3n) is 4.45. The van der Waals surface area contributed by atoms with E-state index in [2.05, 4.69) is 5.10 Å². The van der Waals surface area contributed by atoms with E-state index in [1.807, 2.05) is 30.3 Å². The molecule has 1 aromatic heterocycles. The summed E-state index contributed by atoms with van der Waals surface area (Å²) in [6.07, 6.45) is 0. The molecular formula is C22H16FN3O4S. The van der Waals surface area contributed by atoms with Crippen LogP contribution in [0.15, 0.2) is 89.8 Å². The largest absolute Gasteiger partial charge is 0.402 e. The van der Waals surface area contributed by atoms with Gasteiger partial charge in [0.25, 0.3) is 10.0 Å². The van der Waals surface area contributed by atoms with E-state index < -0.39 is 21.8 Å². The number of nitrogens with zero attached hydrogens (tertiary/aromatic N) is 2. The molecule has 0 aliphatic heterocycles. The van der Waals surface area contributed by atoms with Gasteiger partial charge >= 0.3 is 5.97 Å². The van der Waals surface area contributed by atoms with E-state index in [1.54, 1.807) is 24.3 Å². The maximum absolute atomic E-state index is 13.1. The molecule has 156 valence electrons. The van der Waals surface area contributed by atoms with Crippen molar-refractivity contribution in [2.24, 2.45) is 0 Å². The van der Waals surface area contributed by atoms with E-state index in [-0.39, 0.29) is 22.2 Å². The molecule has 0 aliphatic carbocycles. The van der Waals surface area contributed by atoms with Gasteiger partial charge in [-0.05, 0) is 47.5 Å². The fourth-order valence-corrected chi connectivity index (χ4v) is 4.09. The number of aromatic nitrogens is 2. The number of esters is 1. The minimum absolute atomic E-state index is 0.210. The summed E-state index contributed by atoms with van der Waals surface area (Å²) in [6, 6.07) is 21.7. The fourth-order valence-electron chi connectivity index (χ4n) is 2.89. The van der Waals surface area contributed by atoms with Gasteiger partial charge in [-0.1, -0.05) is 42.5 Å². The SMILES string of the molecule is Nc1cc(OC(=O)c2ccc(-c3ccccc3)cc2)nn1S(=O)(=O)c1ccc(F)cc1. The molecule has 0 atom stereocenters. The van der Waals surface area contributed by atoms with Crippen LogP contribution in [0.3, 0.4) is 0 Å². The van der Waals surface area contributed by atoms with Crippen molar-refractivity contribution in [3.05, 3.63) is 96.3 Å². The predicted molar refractivity (Wildman–Crippen MR) is 112 cm³/mol. The van der Waals surface area contributed by atoms with Gasteiger partial charge < -0.3 is 10.5 Å². The van der Waals surface area contributed by atoms with Gasteiger partial charge in [0, 0.05) is 6.07 Å². The van der Waals surface area contributed by atoms with Crippen molar-refractivity contribution >= 4 is 21.8 Å². The molecule has 0 fully saturated rings. The van der Waals surface area contributed by atoms with Gasteiger partial charge in [-0.25, -0.2) is 9.18 Å². The van der Waals surface area contributed by atoms with Gasteiger partial charge in [0.2, 0.25) is 5.88 Å². The van der Waals surface area contributed by atoms with E-state index in [0.29, 0.717) is 4.09 Å². The second kappa shape index (κ2) is 8.04. The molecule has 0 saturated heterocycles. The number of carbonyl (C=O) groups excluding carboxylic acids is 1. The highest BCUT2D eigenvalue weighted by atomic mass is 32.2. The summed E-state index contributed by atoms with van der Waals surface area (Å²) >= 11 is 0. The molecule has 4 rings (SSSR count). The Hall–Kier alpha value is -3.98. The lowest BCUT2D eigenvalue weighted by Crippen LogP contribution is -2.17. The highest BCUT2D eigenvalue weighted by Gasteiger charge is 2.23. The molecule has 0 amide bonds. The fraction of sp³-hybridized carbons (Fsp3) is 0. The standard InChI is InChI=1S/C22H16FN3O4S/c23-18-10-12-19(13-11-18)31(28,29)26-20(24)14-21(25-26)30-22(27)17-8-6-16(7-9-17)15-4-2-1-3-5-15/h1-14H,24H2.